The second-order valence-electron chi connectivity index (χ2n) is 3.61. The Morgan fingerprint density at radius 1 is 1.00 bits per heavy atom. The number of rotatable bonds is 8. The molecule has 0 aromatic heterocycles. The molecule has 16 heavy (non-hydrogen) atoms. The van der Waals surface area contributed by atoms with E-state index >= 15 is 0 Å². The highest BCUT2D eigenvalue weighted by Gasteiger charge is 1.98. The van der Waals surface area contributed by atoms with E-state index in [1.54, 1.807) is 6.92 Å². The lowest BCUT2D eigenvalue weighted by Gasteiger charge is -2.03. The summed E-state index contributed by atoms with van der Waals surface area (Å²) in [6, 6.07) is 0. The van der Waals surface area contributed by atoms with Gasteiger partial charge in [0.2, 0.25) is 5.91 Å². The summed E-state index contributed by atoms with van der Waals surface area (Å²) in [5.41, 5.74) is 0. The minimum Gasteiger partial charge on any atom is -0.356 e. The molecule has 1 amide bonds. The zero-order valence-electron chi connectivity index (χ0n) is 11.3. The average Bonchev–Trinajstić information content (AvgIpc) is 2.26. The number of amides is 1. The van der Waals surface area contributed by atoms with Crippen molar-refractivity contribution in [3.63, 3.8) is 0 Å². The monoisotopic (exact) mass is 229 g/mol. The second kappa shape index (κ2) is 14.1. The molecule has 1 N–H and O–H groups in total. The molecule has 0 rings (SSSR count). The maximum absolute atomic E-state index is 11.0. The van der Waals surface area contributed by atoms with E-state index in [2.05, 4.69) is 5.32 Å². The van der Waals surface area contributed by atoms with Crippen LogP contribution in [0.3, 0.4) is 0 Å². The minimum atomic E-state index is 0.138. The van der Waals surface area contributed by atoms with Gasteiger partial charge in [-0.05, 0) is 26.2 Å². The second-order valence-corrected chi connectivity index (χ2v) is 3.61. The highest BCUT2D eigenvalue weighted by Crippen LogP contribution is 1.99. The lowest BCUT2D eigenvalue weighted by molar-refractivity contribution is -0.121. The van der Waals surface area contributed by atoms with Gasteiger partial charge in [-0.25, -0.2) is 0 Å². The molecule has 0 aliphatic carbocycles. The van der Waals surface area contributed by atoms with Gasteiger partial charge in [0.15, 0.2) is 0 Å². The number of ketones is 1. The van der Waals surface area contributed by atoms with Gasteiger partial charge in [-0.3, -0.25) is 4.79 Å². The predicted octanol–water partition coefficient (Wildman–Crippen LogP) is 3.08. The van der Waals surface area contributed by atoms with Gasteiger partial charge in [0.1, 0.15) is 5.78 Å². The molecule has 0 saturated carbocycles. The summed E-state index contributed by atoms with van der Waals surface area (Å²) in [6.45, 7) is 8.35. The Morgan fingerprint density at radius 3 is 2.12 bits per heavy atom. The Morgan fingerprint density at radius 2 is 1.62 bits per heavy atom. The van der Waals surface area contributed by atoms with Crippen molar-refractivity contribution in [1.82, 2.24) is 5.32 Å². The van der Waals surface area contributed by atoms with Crippen LogP contribution in [0, 0.1) is 0 Å². The molecule has 0 aromatic rings. The Bertz CT molecular complexity index is 179. The fourth-order valence-electron chi connectivity index (χ4n) is 1.22. The maximum Gasteiger partial charge on any atom is 0.219 e. The summed E-state index contributed by atoms with van der Waals surface area (Å²) in [5, 5.41) is 2.85. The molecular weight excluding hydrogens is 202 g/mol. The first-order chi connectivity index (χ1) is 7.66. The highest BCUT2D eigenvalue weighted by molar-refractivity contribution is 5.75. The summed E-state index contributed by atoms with van der Waals surface area (Å²) in [4.78, 5) is 21.6. The SMILES string of the molecule is CC.CCCC(=O)NCCCCCC(C)=O. The van der Waals surface area contributed by atoms with Gasteiger partial charge in [0.25, 0.3) is 0 Å². The van der Waals surface area contributed by atoms with E-state index in [0.29, 0.717) is 12.8 Å². The van der Waals surface area contributed by atoms with Gasteiger partial charge in [-0.1, -0.05) is 27.2 Å². The molecule has 0 unspecified atom stereocenters. The first-order valence-electron chi connectivity index (χ1n) is 6.43. The van der Waals surface area contributed by atoms with Crippen molar-refractivity contribution in [3.05, 3.63) is 0 Å². The van der Waals surface area contributed by atoms with E-state index in [1.807, 2.05) is 20.8 Å². The molecule has 0 atom stereocenters. The van der Waals surface area contributed by atoms with Gasteiger partial charge in [0.05, 0.1) is 0 Å². The summed E-state index contributed by atoms with van der Waals surface area (Å²) in [5.74, 6) is 0.388. The molecule has 3 heteroatoms. The molecule has 0 aliphatic heterocycles. The van der Waals surface area contributed by atoms with Crippen LogP contribution in [0.1, 0.15) is 66.2 Å². The zero-order valence-corrected chi connectivity index (χ0v) is 11.3. The number of unbranched alkanes of at least 4 members (excludes halogenated alkanes) is 2. The third-order valence-electron chi connectivity index (χ3n) is 2.00. The molecule has 0 heterocycles. The largest absolute Gasteiger partial charge is 0.356 e. The van der Waals surface area contributed by atoms with Crippen LogP contribution in [-0.4, -0.2) is 18.2 Å². The number of carbonyl (C=O) groups excluding carboxylic acids is 2. The van der Waals surface area contributed by atoms with Crippen LogP contribution in [0.2, 0.25) is 0 Å². The molecule has 0 saturated heterocycles. The van der Waals surface area contributed by atoms with Crippen LogP contribution in [0.25, 0.3) is 0 Å². The maximum atomic E-state index is 11.0. The standard InChI is InChI=1S/C11H21NO2.C2H6/c1-3-7-11(14)12-9-6-4-5-8-10(2)13;1-2/h3-9H2,1-2H3,(H,12,14);1-2H3. The van der Waals surface area contributed by atoms with Crippen LogP contribution in [0.4, 0.5) is 0 Å². The minimum absolute atomic E-state index is 0.138. The van der Waals surface area contributed by atoms with Gasteiger partial charge < -0.3 is 10.1 Å². The van der Waals surface area contributed by atoms with Crippen molar-refractivity contribution in [2.24, 2.45) is 0 Å². The number of Topliss-reactive ketones (excluding diaryl/α,β-unsaturated/α-hetero) is 1. The molecule has 0 aromatic carbocycles. The Labute approximate surface area is 100.0 Å². The highest BCUT2D eigenvalue weighted by atomic mass is 16.1. The van der Waals surface area contributed by atoms with Gasteiger partial charge in [0, 0.05) is 19.4 Å². The Kier molecular flexibility index (Phi) is 15.5. The smallest absolute Gasteiger partial charge is 0.219 e. The lowest BCUT2D eigenvalue weighted by atomic mass is 10.1. The third kappa shape index (κ3) is 15.6. The van der Waals surface area contributed by atoms with Crippen molar-refractivity contribution < 1.29 is 9.59 Å². The molecule has 0 radical (unpaired) electrons. The third-order valence-corrected chi connectivity index (χ3v) is 2.00. The molecule has 96 valence electrons. The quantitative estimate of drug-likeness (QED) is 0.650. The first-order valence-corrected chi connectivity index (χ1v) is 6.43. The fraction of sp³-hybridized carbons (Fsp3) is 0.846. The first kappa shape index (κ1) is 17.5. The van der Waals surface area contributed by atoms with Gasteiger partial charge in [-0.15, -0.1) is 0 Å². The molecule has 3 nitrogen and oxygen atoms in total. The lowest BCUT2D eigenvalue weighted by Crippen LogP contribution is -2.23. The topological polar surface area (TPSA) is 46.2 Å². The van der Waals surface area contributed by atoms with Crippen molar-refractivity contribution in [2.75, 3.05) is 6.54 Å². The van der Waals surface area contributed by atoms with E-state index < -0.39 is 0 Å². The van der Waals surface area contributed by atoms with Crippen LogP contribution in [0.15, 0.2) is 0 Å². The number of hydrogen-bond donors (Lipinski definition) is 1. The molecule has 0 bridgehead atoms. The van der Waals surface area contributed by atoms with Crippen LogP contribution in [-0.2, 0) is 9.59 Å². The molecule has 0 aliphatic rings. The fourth-order valence-corrected chi connectivity index (χ4v) is 1.22. The van der Waals surface area contributed by atoms with Crippen LogP contribution in [0.5, 0.6) is 0 Å². The summed E-state index contributed by atoms with van der Waals surface area (Å²) in [6.07, 6.45) is 5.13. The number of carbonyl (C=O) groups is 2. The summed E-state index contributed by atoms with van der Waals surface area (Å²) < 4.78 is 0. The predicted molar refractivity (Wildman–Crippen MR) is 68.4 cm³/mol. The van der Waals surface area contributed by atoms with Gasteiger partial charge >= 0.3 is 0 Å². The normalized spacial score (nSPS) is 9.00. The van der Waals surface area contributed by atoms with Crippen molar-refractivity contribution in [1.29, 1.82) is 0 Å². The van der Waals surface area contributed by atoms with Crippen molar-refractivity contribution >= 4 is 11.7 Å². The summed E-state index contributed by atoms with van der Waals surface area (Å²) in [7, 11) is 0. The van der Waals surface area contributed by atoms with Gasteiger partial charge in [-0.2, -0.15) is 0 Å². The summed E-state index contributed by atoms with van der Waals surface area (Å²) >= 11 is 0. The van der Waals surface area contributed by atoms with E-state index in [9.17, 15) is 9.59 Å². The average molecular weight is 229 g/mol. The van der Waals surface area contributed by atoms with Crippen LogP contribution >= 0.6 is 0 Å². The van der Waals surface area contributed by atoms with Crippen LogP contribution < -0.4 is 5.32 Å². The van der Waals surface area contributed by atoms with E-state index in [0.717, 1.165) is 32.2 Å². The number of hydrogen-bond acceptors (Lipinski definition) is 2. The van der Waals surface area contributed by atoms with E-state index in [-0.39, 0.29) is 11.7 Å². The number of nitrogens with one attached hydrogen (secondary N) is 1. The van der Waals surface area contributed by atoms with Crippen molar-refractivity contribution in [2.45, 2.75) is 66.2 Å². The molecule has 0 fully saturated rings. The Balaban J connectivity index is 0. The molecule has 0 spiro atoms. The van der Waals surface area contributed by atoms with E-state index in [1.165, 1.54) is 0 Å². The molecular formula is C13H27NO2. The van der Waals surface area contributed by atoms with Crippen molar-refractivity contribution in [3.8, 4) is 0 Å². The van der Waals surface area contributed by atoms with E-state index in [4.69, 9.17) is 0 Å². The Hall–Kier alpha value is -0.860. The zero-order chi connectivity index (χ0) is 12.8.